The van der Waals surface area contributed by atoms with E-state index in [4.69, 9.17) is 5.73 Å². The zero-order valence-electron chi connectivity index (χ0n) is 13.7. The molecule has 1 saturated heterocycles. The van der Waals surface area contributed by atoms with Gasteiger partial charge in [-0.3, -0.25) is 9.59 Å². The smallest absolute Gasteiger partial charge is 0.253 e. The highest BCUT2D eigenvalue weighted by Crippen LogP contribution is 2.21. The first-order valence-electron chi connectivity index (χ1n) is 7.66. The van der Waals surface area contributed by atoms with Crippen LogP contribution in [0.15, 0.2) is 16.0 Å². The molecule has 10 heteroatoms. The van der Waals surface area contributed by atoms with E-state index in [1.54, 1.807) is 4.90 Å². The summed E-state index contributed by atoms with van der Waals surface area (Å²) in [5.74, 6) is 0.360. The number of amides is 1. The number of hydrogen-bond donors (Lipinski definition) is 2. The predicted octanol–water partition coefficient (Wildman–Crippen LogP) is 0.116. The lowest BCUT2D eigenvalue weighted by molar-refractivity contribution is -0.130. The first-order chi connectivity index (χ1) is 11.2. The standard InChI is InChI=1S/C14H22N4O4S2/c1-9(2)6-18(10-3-4-24(21,22)8-10)13(20)7-23-14-16-11(15)5-12(19)17-14/h5,9-10H,3-4,6-8H2,1-2H3,(H3,15,16,17,19). The van der Waals surface area contributed by atoms with Crippen molar-refractivity contribution in [3.63, 3.8) is 0 Å². The molecule has 1 fully saturated rings. The van der Waals surface area contributed by atoms with E-state index in [0.29, 0.717) is 13.0 Å². The first kappa shape index (κ1) is 18.8. The van der Waals surface area contributed by atoms with Gasteiger partial charge in [-0.1, -0.05) is 25.6 Å². The van der Waals surface area contributed by atoms with Gasteiger partial charge in [0.25, 0.3) is 5.56 Å². The number of rotatable bonds is 6. The molecule has 1 amide bonds. The maximum absolute atomic E-state index is 12.6. The number of aromatic nitrogens is 2. The number of thioether (sulfide) groups is 1. The highest BCUT2D eigenvalue weighted by atomic mass is 32.2. The van der Waals surface area contributed by atoms with Crippen molar-refractivity contribution in [3.8, 4) is 0 Å². The van der Waals surface area contributed by atoms with Crippen molar-refractivity contribution in [2.75, 3.05) is 29.5 Å². The van der Waals surface area contributed by atoms with Crippen molar-refractivity contribution >= 4 is 33.3 Å². The quantitative estimate of drug-likeness (QED) is 0.535. The second-order valence-corrected chi connectivity index (χ2v) is 9.45. The molecule has 0 aromatic carbocycles. The molecule has 0 saturated carbocycles. The molecular weight excluding hydrogens is 352 g/mol. The SMILES string of the molecule is CC(C)CN(C(=O)CSc1nc(N)cc(=O)[nH]1)C1CCS(=O)(=O)C1. The van der Waals surface area contributed by atoms with Gasteiger partial charge in [0, 0.05) is 18.7 Å². The van der Waals surface area contributed by atoms with E-state index in [9.17, 15) is 18.0 Å². The number of nitrogens with zero attached hydrogens (tertiary/aromatic N) is 2. The van der Waals surface area contributed by atoms with Gasteiger partial charge in [0.05, 0.1) is 17.3 Å². The van der Waals surface area contributed by atoms with Gasteiger partial charge < -0.3 is 15.6 Å². The van der Waals surface area contributed by atoms with Crippen LogP contribution in [0.4, 0.5) is 5.82 Å². The van der Waals surface area contributed by atoms with Gasteiger partial charge in [0.15, 0.2) is 15.0 Å². The molecular formula is C14H22N4O4S2. The molecule has 1 atom stereocenters. The van der Waals surface area contributed by atoms with Gasteiger partial charge in [-0.05, 0) is 12.3 Å². The van der Waals surface area contributed by atoms with Crippen molar-refractivity contribution in [1.29, 1.82) is 0 Å². The second kappa shape index (κ2) is 7.56. The van der Waals surface area contributed by atoms with Crippen LogP contribution in [0.25, 0.3) is 0 Å². The van der Waals surface area contributed by atoms with Gasteiger partial charge in [-0.15, -0.1) is 0 Å². The van der Waals surface area contributed by atoms with E-state index in [1.807, 2.05) is 13.8 Å². The second-order valence-electron chi connectivity index (χ2n) is 6.26. The maximum atomic E-state index is 12.6. The van der Waals surface area contributed by atoms with Crippen LogP contribution in [0.1, 0.15) is 20.3 Å². The first-order valence-corrected chi connectivity index (χ1v) is 10.5. The number of nitrogens with two attached hydrogens (primary N) is 1. The number of H-pyrrole nitrogens is 1. The van der Waals surface area contributed by atoms with E-state index in [-0.39, 0.29) is 51.7 Å². The lowest BCUT2D eigenvalue weighted by Gasteiger charge is -2.29. The van der Waals surface area contributed by atoms with Gasteiger partial charge in [0.2, 0.25) is 5.91 Å². The van der Waals surface area contributed by atoms with Crippen LogP contribution in [0.5, 0.6) is 0 Å². The van der Waals surface area contributed by atoms with Crippen LogP contribution in [-0.4, -0.2) is 59.0 Å². The fourth-order valence-electron chi connectivity index (χ4n) is 2.60. The average molecular weight is 374 g/mol. The average Bonchev–Trinajstić information content (AvgIpc) is 2.81. The summed E-state index contributed by atoms with van der Waals surface area (Å²) in [4.78, 5) is 32.1. The number of nitrogens with one attached hydrogen (secondary N) is 1. The Kier molecular flexibility index (Phi) is 5.92. The summed E-state index contributed by atoms with van der Waals surface area (Å²) >= 11 is 1.08. The summed E-state index contributed by atoms with van der Waals surface area (Å²) in [6.07, 6.45) is 0.471. The van der Waals surface area contributed by atoms with Crippen molar-refractivity contribution in [3.05, 3.63) is 16.4 Å². The fourth-order valence-corrected chi connectivity index (χ4v) is 5.10. The van der Waals surface area contributed by atoms with Gasteiger partial charge in [-0.25, -0.2) is 13.4 Å². The van der Waals surface area contributed by atoms with Crippen LogP contribution >= 0.6 is 11.8 Å². The molecule has 1 unspecified atom stereocenters. The van der Waals surface area contributed by atoms with Crippen LogP contribution in [0.3, 0.4) is 0 Å². The molecule has 0 bridgehead atoms. The molecule has 0 spiro atoms. The topological polar surface area (TPSA) is 126 Å². The maximum Gasteiger partial charge on any atom is 0.253 e. The molecule has 1 aliphatic rings. The molecule has 2 rings (SSSR count). The number of sulfone groups is 1. The molecule has 8 nitrogen and oxygen atoms in total. The summed E-state index contributed by atoms with van der Waals surface area (Å²) in [5.41, 5.74) is 5.14. The minimum absolute atomic E-state index is 0.0174. The third-order valence-corrected chi connectivity index (χ3v) is 6.21. The summed E-state index contributed by atoms with van der Waals surface area (Å²) in [6, 6.07) is 0.888. The van der Waals surface area contributed by atoms with Crippen molar-refractivity contribution < 1.29 is 13.2 Å². The summed E-state index contributed by atoms with van der Waals surface area (Å²) < 4.78 is 23.4. The molecule has 3 N–H and O–H groups in total. The molecule has 134 valence electrons. The minimum atomic E-state index is -3.07. The predicted molar refractivity (Wildman–Crippen MR) is 93.6 cm³/mol. The number of aromatic amines is 1. The monoisotopic (exact) mass is 374 g/mol. The third kappa shape index (κ3) is 5.23. The van der Waals surface area contributed by atoms with Crippen molar-refractivity contribution in [2.24, 2.45) is 5.92 Å². The molecule has 1 aromatic heterocycles. The van der Waals surface area contributed by atoms with Crippen LogP contribution in [0.2, 0.25) is 0 Å². The fraction of sp³-hybridized carbons (Fsp3) is 0.643. The number of carbonyl (C=O) groups excluding carboxylic acids is 1. The Morgan fingerprint density at radius 3 is 2.79 bits per heavy atom. The highest BCUT2D eigenvalue weighted by Gasteiger charge is 2.34. The Bertz CT molecular complexity index is 760. The Morgan fingerprint density at radius 2 is 2.25 bits per heavy atom. The lowest BCUT2D eigenvalue weighted by Crippen LogP contribution is -2.44. The molecule has 1 aromatic rings. The Morgan fingerprint density at radius 1 is 1.54 bits per heavy atom. The largest absolute Gasteiger partial charge is 0.383 e. The Balaban J connectivity index is 2.06. The Hall–Kier alpha value is -1.55. The van der Waals surface area contributed by atoms with Crippen LogP contribution in [-0.2, 0) is 14.6 Å². The molecule has 24 heavy (non-hydrogen) atoms. The molecule has 2 heterocycles. The number of anilines is 1. The van der Waals surface area contributed by atoms with Crippen molar-refractivity contribution in [1.82, 2.24) is 14.9 Å². The van der Waals surface area contributed by atoms with Crippen LogP contribution in [0, 0.1) is 5.92 Å². The molecule has 0 aliphatic carbocycles. The van der Waals surface area contributed by atoms with Gasteiger partial charge >= 0.3 is 0 Å². The van der Waals surface area contributed by atoms with E-state index in [2.05, 4.69) is 9.97 Å². The summed E-state index contributed by atoms with van der Waals surface area (Å²) in [7, 11) is -3.07. The number of carbonyl (C=O) groups is 1. The summed E-state index contributed by atoms with van der Waals surface area (Å²) in [6.45, 7) is 4.46. The minimum Gasteiger partial charge on any atom is -0.383 e. The van der Waals surface area contributed by atoms with E-state index in [0.717, 1.165) is 11.8 Å². The van der Waals surface area contributed by atoms with Crippen molar-refractivity contribution in [2.45, 2.75) is 31.5 Å². The normalized spacial score (nSPS) is 19.5. The number of nitrogen functional groups attached to an aromatic ring is 1. The number of hydrogen-bond acceptors (Lipinski definition) is 7. The zero-order chi connectivity index (χ0) is 17.9. The van der Waals surface area contributed by atoms with Crippen LogP contribution < -0.4 is 11.3 Å². The van der Waals surface area contributed by atoms with Gasteiger partial charge in [-0.2, -0.15) is 0 Å². The van der Waals surface area contributed by atoms with E-state index in [1.165, 1.54) is 6.07 Å². The summed E-state index contributed by atoms with van der Waals surface area (Å²) in [5, 5.41) is 0.275. The Labute approximate surface area is 145 Å². The molecule has 1 aliphatic heterocycles. The highest BCUT2D eigenvalue weighted by molar-refractivity contribution is 7.99. The van der Waals surface area contributed by atoms with Gasteiger partial charge in [0.1, 0.15) is 5.82 Å². The van der Waals surface area contributed by atoms with E-state index >= 15 is 0 Å². The lowest BCUT2D eigenvalue weighted by atomic mass is 10.1. The zero-order valence-corrected chi connectivity index (χ0v) is 15.3. The third-order valence-electron chi connectivity index (χ3n) is 3.60. The van der Waals surface area contributed by atoms with E-state index < -0.39 is 9.84 Å². The molecule has 0 radical (unpaired) electrons.